The summed E-state index contributed by atoms with van der Waals surface area (Å²) in [5.74, 6) is 0.780. The molecule has 0 aromatic carbocycles. The Bertz CT molecular complexity index is 582. The van der Waals surface area contributed by atoms with Crippen LogP contribution in [0.2, 0.25) is 0 Å². The number of rotatable bonds is 4. The molecular formula is C17H30N6O4. The van der Waals surface area contributed by atoms with Gasteiger partial charge in [-0.1, -0.05) is 0 Å². The third kappa shape index (κ3) is 6.47. The van der Waals surface area contributed by atoms with E-state index in [9.17, 15) is 4.79 Å². The Labute approximate surface area is 159 Å². The molecule has 1 aromatic rings. The van der Waals surface area contributed by atoms with Crippen LogP contribution in [0.4, 0.5) is 4.79 Å². The normalized spacial score (nSPS) is 19.0. The molecule has 0 radical (unpaired) electrons. The Balaban J connectivity index is 0.000000817. The monoisotopic (exact) mass is 382 g/mol. The Kier molecular flexibility index (Phi) is 8.46. The van der Waals surface area contributed by atoms with Gasteiger partial charge in [-0.2, -0.15) is 0 Å². The number of likely N-dealkylation sites (tertiary alicyclic amines) is 1. The number of carbonyl (C=O) groups is 2. The number of aryl methyl sites for hydroxylation is 1. The molecule has 3 rings (SSSR count). The highest BCUT2D eigenvalue weighted by atomic mass is 16.5. The first kappa shape index (κ1) is 21.1. The summed E-state index contributed by atoms with van der Waals surface area (Å²) in [4.78, 5) is 24.9. The van der Waals surface area contributed by atoms with E-state index in [-0.39, 0.29) is 18.5 Å². The summed E-state index contributed by atoms with van der Waals surface area (Å²) in [7, 11) is 3.67. The first-order valence-corrected chi connectivity index (χ1v) is 9.29. The molecule has 0 bridgehead atoms. The quantitative estimate of drug-likeness (QED) is 0.720. The Morgan fingerprint density at radius 1 is 1.37 bits per heavy atom. The number of nitrogens with one attached hydrogen (secondary N) is 1. The molecule has 3 heterocycles. The number of ether oxygens (including phenoxy) is 1. The van der Waals surface area contributed by atoms with Crippen LogP contribution in [0.1, 0.15) is 31.5 Å². The summed E-state index contributed by atoms with van der Waals surface area (Å²) in [6.45, 7) is 4.09. The van der Waals surface area contributed by atoms with Crippen LogP contribution in [0.15, 0.2) is 6.33 Å². The third-order valence-electron chi connectivity index (χ3n) is 5.09. The molecule has 2 N–H and O–H groups in total. The van der Waals surface area contributed by atoms with E-state index in [2.05, 4.69) is 20.4 Å². The minimum absolute atomic E-state index is 0.0393. The lowest BCUT2D eigenvalue weighted by molar-refractivity contribution is -0.122. The lowest BCUT2D eigenvalue weighted by Gasteiger charge is -2.39. The Morgan fingerprint density at radius 3 is 2.56 bits per heavy atom. The number of carbonyl (C=O) groups excluding carboxylic acids is 1. The average molecular weight is 382 g/mol. The van der Waals surface area contributed by atoms with Gasteiger partial charge in [-0.3, -0.25) is 4.79 Å². The summed E-state index contributed by atoms with van der Waals surface area (Å²) < 4.78 is 7.27. The number of hydrogen-bond donors (Lipinski definition) is 2. The van der Waals surface area contributed by atoms with Crippen molar-refractivity contribution in [2.45, 2.75) is 44.3 Å². The third-order valence-corrected chi connectivity index (χ3v) is 5.09. The average Bonchev–Trinajstić information content (AvgIpc) is 3.08. The highest BCUT2D eigenvalue weighted by Crippen LogP contribution is 2.20. The van der Waals surface area contributed by atoms with Gasteiger partial charge in [0.25, 0.3) is 6.47 Å². The standard InChI is InChI=1S/C16H28N6O2.CH2O2/c1-20(11-15-19-17-12-21(15)2)16(23)18-13-3-7-22(8-4-13)14-5-9-24-10-6-14;2-1-3/h12-14H,3-11H2,1-2H3,(H,18,23);1H,(H,2,3). The summed E-state index contributed by atoms with van der Waals surface area (Å²) in [5.41, 5.74) is 0. The molecule has 10 nitrogen and oxygen atoms in total. The van der Waals surface area contributed by atoms with Crippen LogP contribution < -0.4 is 5.32 Å². The van der Waals surface area contributed by atoms with Gasteiger partial charge in [0.1, 0.15) is 6.33 Å². The van der Waals surface area contributed by atoms with Gasteiger partial charge in [-0.05, 0) is 25.7 Å². The summed E-state index contributed by atoms with van der Waals surface area (Å²) in [6.07, 6.45) is 5.95. The number of aromatic nitrogens is 3. The molecule has 1 aromatic heterocycles. The molecule has 10 heteroatoms. The van der Waals surface area contributed by atoms with Crippen LogP contribution in [-0.2, 0) is 23.1 Å². The lowest BCUT2D eigenvalue weighted by atomic mass is 10.00. The number of amides is 2. The lowest BCUT2D eigenvalue weighted by Crippen LogP contribution is -2.51. The van der Waals surface area contributed by atoms with Gasteiger partial charge >= 0.3 is 6.03 Å². The first-order valence-electron chi connectivity index (χ1n) is 9.29. The van der Waals surface area contributed by atoms with E-state index in [1.54, 1.807) is 18.3 Å². The molecule has 0 spiro atoms. The van der Waals surface area contributed by atoms with Crippen molar-refractivity contribution >= 4 is 12.5 Å². The van der Waals surface area contributed by atoms with E-state index in [1.807, 2.05) is 11.6 Å². The van der Waals surface area contributed by atoms with Crippen molar-refractivity contribution in [3.63, 3.8) is 0 Å². The highest BCUT2D eigenvalue weighted by molar-refractivity contribution is 5.74. The second-order valence-corrected chi connectivity index (χ2v) is 6.92. The molecule has 0 atom stereocenters. The van der Waals surface area contributed by atoms with Crippen LogP contribution >= 0.6 is 0 Å². The van der Waals surface area contributed by atoms with E-state index in [0.717, 1.165) is 57.8 Å². The van der Waals surface area contributed by atoms with E-state index in [4.69, 9.17) is 14.6 Å². The maximum Gasteiger partial charge on any atom is 0.317 e. The zero-order valence-corrected chi connectivity index (χ0v) is 16.1. The Hall–Kier alpha value is -2.20. The fourth-order valence-electron chi connectivity index (χ4n) is 3.48. The summed E-state index contributed by atoms with van der Waals surface area (Å²) in [5, 5.41) is 17.9. The van der Waals surface area contributed by atoms with Crippen molar-refractivity contribution < 1.29 is 19.4 Å². The van der Waals surface area contributed by atoms with Crippen LogP contribution in [0.3, 0.4) is 0 Å². The van der Waals surface area contributed by atoms with E-state index in [0.29, 0.717) is 12.6 Å². The summed E-state index contributed by atoms with van der Waals surface area (Å²) >= 11 is 0. The van der Waals surface area contributed by atoms with Crippen LogP contribution in [0.25, 0.3) is 0 Å². The van der Waals surface area contributed by atoms with E-state index in [1.165, 1.54) is 0 Å². The highest BCUT2D eigenvalue weighted by Gasteiger charge is 2.27. The van der Waals surface area contributed by atoms with E-state index < -0.39 is 0 Å². The topological polar surface area (TPSA) is 113 Å². The fraction of sp³-hybridized carbons (Fsp3) is 0.765. The number of hydrogen-bond acceptors (Lipinski definition) is 6. The van der Waals surface area contributed by atoms with Crippen molar-refractivity contribution in [1.82, 2.24) is 29.9 Å². The van der Waals surface area contributed by atoms with Gasteiger partial charge in [0.2, 0.25) is 0 Å². The van der Waals surface area contributed by atoms with Crippen molar-refractivity contribution in [2.24, 2.45) is 7.05 Å². The van der Waals surface area contributed by atoms with Crippen molar-refractivity contribution in [2.75, 3.05) is 33.4 Å². The van der Waals surface area contributed by atoms with Crippen LogP contribution in [-0.4, -0.2) is 87.6 Å². The maximum atomic E-state index is 12.4. The van der Waals surface area contributed by atoms with Crippen molar-refractivity contribution in [3.05, 3.63) is 12.2 Å². The van der Waals surface area contributed by atoms with Gasteiger partial charge in [0, 0.05) is 52.5 Å². The minimum Gasteiger partial charge on any atom is -0.483 e. The Morgan fingerprint density at radius 2 is 2.00 bits per heavy atom. The molecule has 2 saturated heterocycles. The zero-order valence-electron chi connectivity index (χ0n) is 16.1. The molecule has 0 unspecified atom stereocenters. The number of urea groups is 1. The van der Waals surface area contributed by atoms with Crippen molar-refractivity contribution in [3.8, 4) is 0 Å². The molecule has 2 aliphatic rings. The fourth-order valence-corrected chi connectivity index (χ4v) is 3.48. The predicted molar refractivity (Wildman–Crippen MR) is 98.1 cm³/mol. The van der Waals surface area contributed by atoms with Gasteiger partial charge < -0.3 is 29.5 Å². The van der Waals surface area contributed by atoms with Crippen LogP contribution in [0, 0.1) is 0 Å². The number of carboxylic acid groups (broad SMARTS) is 1. The zero-order chi connectivity index (χ0) is 19.6. The number of nitrogens with zero attached hydrogens (tertiary/aromatic N) is 5. The SMILES string of the molecule is CN(Cc1nncn1C)C(=O)NC1CCN(C2CCOCC2)CC1.O=CO. The molecule has 0 aliphatic carbocycles. The van der Waals surface area contributed by atoms with Crippen LogP contribution in [0.5, 0.6) is 0 Å². The predicted octanol–water partition coefficient (Wildman–Crippen LogP) is 0.301. The summed E-state index contributed by atoms with van der Waals surface area (Å²) in [6, 6.07) is 0.882. The molecule has 0 saturated carbocycles. The van der Waals surface area contributed by atoms with Gasteiger partial charge in [-0.15, -0.1) is 10.2 Å². The van der Waals surface area contributed by atoms with Gasteiger partial charge in [0.05, 0.1) is 6.54 Å². The molecule has 152 valence electrons. The van der Waals surface area contributed by atoms with E-state index >= 15 is 0 Å². The molecule has 2 aliphatic heterocycles. The molecular weight excluding hydrogens is 352 g/mol. The largest absolute Gasteiger partial charge is 0.483 e. The molecule has 2 amide bonds. The first-order chi connectivity index (χ1) is 13.0. The van der Waals surface area contributed by atoms with Gasteiger partial charge in [-0.25, -0.2) is 4.79 Å². The smallest absolute Gasteiger partial charge is 0.317 e. The second kappa shape index (κ2) is 10.8. The molecule has 27 heavy (non-hydrogen) atoms. The maximum absolute atomic E-state index is 12.4. The minimum atomic E-state index is -0.250. The van der Waals surface area contributed by atoms with Crippen molar-refractivity contribution in [1.29, 1.82) is 0 Å². The van der Waals surface area contributed by atoms with Gasteiger partial charge in [0.15, 0.2) is 5.82 Å². The molecule has 2 fully saturated rings. The second-order valence-electron chi connectivity index (χ2n) is 6.92. The number of piperidine rings is 1.